The monoisotopic (exact) mass is 248 g/mol. The molecule has 0 aliphatic rings. The van der Waals surface area contributed by atoms with Crippen LogP contribution in [-0.2, 0) is 6.54 Å². The molecular weight excluding hydrogens is 220 g/mol. The Labute approximate surface area is 112 Å². The van der Waals surface area contributed by atoms with Crippen LogP contribution in [0.3, 0.4) is 0 Å². The smallest absolute Gasteiger partial charge is 0.0236 e. The van der Waals surface area contributed by atoms with Crippen LogP contribution in [0.5, 0.6) is 0 Å². The fourth-order valence-corrected chi connectivity index (χ4v) is 2.24. The van der Waals surface area contributed by atoms with Crippen LogP contribution in [0.1, 0.15) is 39.2 Å². The van der Waals surface area contributed by atoms with Gasteiger partial charge in [0.1, 0.15) is 0 Å². The first-order chi connectivity index (χ1) is 8.69. The molecule has 2 atom stereocenters. The molecule has 1 aromatic rings. The van der Waals surface area contributed by atoms with Gasteiger partial charge in [0.15, 0.2) is 0 Å². The third-order valence-electron chi connectivity index (χ3n) is 3.92. The van der Waals surface area contributed by atoms with Crippen molar-refractivity contribution >= 4 is 0 Å². The SMILES string of the molecule is CCC(C)C(C)N(CCCN)Cc1ccccc1. The number of nitrogens with two attached hydrogens (primary N) is 1. The summed E-state index contributed by atoms with van der Waals surface area (Å²) in [5.41, 5.74) is 7.05. The highest BCUT2D eigenvalue weighted by Gasteiger charge is 2.18. The van der Waals surface area contributed by atoms with E-state index >= 15 is 0 Å². The van der Waals surface area contributed by atoms with E-state index in [0.29, 0.717) is 6.04 Å². The number of hydrogen-bond donors (Lipinski definition) is 1. The van der Waals surface area contributed by atoms with Gasteiger partial charge in [-0.2, -0.15) is 0 Å². The van der Waals surface area contributed by atoms with Crippen molar-refractivity contribution in [1.29, 1.82) is 0 Å². The minimum Gasteiger partial charge on any atom is -0.330 e. The Morgan fingerprint density at radius 3 is 2.39 bits per heavy atom. The summed E-state index contributed by atoms with van der Waals surface area (Å²) in [4.78, 5) is 2.57. The van der Waals surface area contributed by atoms with E-state index < -0.39 is 0 Å². The first kappa shape index (κ1) is 15.2. The van der Waals surface area contributed by atoms with Crippen LogP contribution in [0.25, 0.3) is 0 Å². The van der Waals surface area contributed by atoms with E-state index in [0.717, 1.165) is 32.0 Å². The molecule has 0 radical (unpaired) electrons. The van der Waals surface area contributed by atoms with E-state index in [2.05, 4.69) is 56.0 Å². The molecule has 0 saturated carbocycles. The highest BCUT2D eigenvalue weighted by atomic mass is 15.1. The Kier molecular flexibility index (Phi) is 6.99. The van der Waals surface area contributed by atoms with Crippen LogP contribution < -0.4 is 5.73 Å². The molecule has 0 aliphatic carbocycles. The lowest BCUT2D eigenvalue weighted by Gasteiger charge is -2.33. The molecule has 18 heavy (non-hydrogen) atoms. The van der Waals surface area contributed by atoms with E-state index in [1.54, 1.807) is 0 Å². The van der Waals surface area contributed by atoms with E-state index in [4.69, 9.17) is 5.73 Å². The third kappa shape index (κ3) is 4.79. The zero-order valence-electron chi connectivity index (χ0n) is 12.1. The summed E-state index contributed by atoms with van der Waals surface area (Å²) >= 11 is 0. The van der Waals surface area contributed by atoms with E-state index in [-0.39, 0.29) is 0 Å². The van der Waals surface area contributed by atoms with Gasteiger partial charge in [-0.1, -0.05) is 50.6 Å². The summed E-state index contributed by atoms with van der Waals surface area (Å²) in [6.45, 7) is 9.85. The fraction of sp³-hybridized carbons (Fsp3) is 0.625. The second kappa shape index (κ2) is 8.28. The molecule has 0 fully saturated rings. The molecule has 0 amide bonds. The van der Waals surface area contributed by atoms with Crippen molar-refractivity contribution in [2.75, 3.05) is 13.1 Å². The van der Waals surface area contributed by atoms with Gasteiger partial charge in [-0.15, -0.1) is 0 Å². The summed E-state index contributed by atoms with van der Waals surface area (Å²) < 4.78 is 0. The van der Waals surface area contributed by atoms with Crippen LogP contribution in [0.4, 0.5) is 0 Å². The van der Waals surface area contributed by atoms with E-state index in [1.807, 2.05) is 0 Å². The summed E-state index contributed by atoms with van der Waals surface area (Å²) in [5, 5.41) is 0. The van der Waals surface area contributed by atoms with Crippen molar-refractivity contribution in [2.45, 2.75) is 46.2 Å². The largest absolute Gasteiger partial charge is 0.330 e. The maximum absolute atomic E-state index is 5.65. The number of hydrogen-bond acceptors (Lipinski definition) is 2. The zero-order valence-corrected chi connectivity index (χ0v) is 12.1. The van der Waals surface area contributed by atoms with Crippen LogP contribution in [0.2, 0.25) is 0 Å². The molecule has 2 unspecified atom stereocenters. The van der Waals surface area contributed by atoms with Gasteiger partial charge in [-0.05, 0) is 37.9 Å². The van der Waals surface area contributed by atoms with Crippen molar-refractivity contribution in [1.82, 2.24) is 4.90 Å². The molecule has 1 aromatic carbocycles. The summed E-state index contributed by atoms with van der Waals surface area (Å²) in [6, 6.07) is 11.3. The highest BCUT2D eigenvalue weighted by molar-refractivity contribution is 5.14. The average molecular weight is 248 g/mol. The van der Waals surface area contributed by atoms with Crippen molar-refractivity contribution in [3.63, 3.8) is 0 Å². The van der Waals surface area contributed by atoms with Gasteiger partial charge in [0, 0.05) is 12.6 Å². The van der Waals surface area contributed by atoms with Gasteiger partial charge in [-0.25, -0.2) is 0 Å². The minimum atomic E-state index is 0.613. The van der Waals surface area contributed by atoms with Gasteiger partial charge in [0.05, 0.1) is 0 Å². The lowest BCUT2D eigenvalue weighted by atomic mass is 9.98. The normalized spacial score (nSPS) is 14.7. The van der Waals surface area contributed by atoms with Gasteiger partial charge in [-0.3, -0.25) is 4.90 Å². The Balaban J connectivity index is 2.65. The van der Waals surface area contributed by atoms with Gasteiger partial charge in [0.25, 0.3) is 0 Å². The fourth-order valence-electron chi connectivity index (χ4n) is 2.24. The molecule has 2 N–H and O–H groups in total. The lowest BCUT2D eigenvalue weighted by Crippen LogP contribution is -2.38. The molecule has 0 heterocycles. The maximum Gasteiger partial charge on any atom is 0.0236 e. The van der Waals surface area contributed by atoms with Gasteiger partial charge < -0.3 is 5.73 Å². The summed E-state index contributed by atoms with van der Waals surface area (Å²) in [6.07, 6.45) is 2.31. The van der Waals surface area contributed by atoms with E-state index in [1.165, 1.54) is 12.0 Å². The van der Waals surface area contributed by atoms with Gasteiger partial charge in [0.2, 0.25) is 0 Å². The van der Waals surface area contributed by atoms with Crippen molar-refractivity contribution in [3.8, 4) is 0 Å². The maximum atomic E-state index is 5.65. The van der Waals surface area contributed by atoms with Crippen molar-refractivity contribution in [3.05, 3.63) is 35.9 Å². The average Bonchev–Trinajstić information content (AvgIpc) is 2.42. The van der Waals surface area contributed by atoms with Gasteiger partial charge >= 0.3 is 0 Å². The van der Waals surface area contributed by atoms with Crippen LogP contribution in [-0.4, -0.2) is 24.0 Å². The molecule has 0 bridgehead atoms. The summed E-state index contributed by atoms with van der Waals surface area (Å²) in [7, 11) is 0. The molecular formula is C16H28N2. The topological polar surface area (TPSA) is 29.3 Å². The molecule has 2 nitrogen and oxygen atoms in total. The van der Waals surface area contributed by atoms with Crippen molar-refractivity contribution in [2.24, 2.45) is 11.7 Å². The first-order valence-corrected chi connectivity index (χ1v) is 7.17. The second-order valence-corrected chi connectivity index (χ2v) is 5.22. The number of nitrogens with zero attached hydrogens (tertiary/aromatic N) is 1. The summed E-state index contributed by atoms with van der Waals surface area (Å²) in [5.74, 6) is 0.728. The number of rotatable bonds is 8. The second-order valence-electron chi connectivity index (χ2n) is 5.22. The third-order valence-corrected chi connectivity index (χ3v) is 3.92. The predicted octanol–water partition coefficient (Wildman–Crippen LogP) is 3.27. The Bertz CT molecular complexity index is 310. The Morgan fingerprint density at radius 1 is 1.17 bits per heavy atom. The molecule has 0 aliphatic heterocycles. The lowest BCUT2D eigenvalue weighted by molar-refractivity contribution is 0.149. The van der Waals surface area contributed by atoms with Crippen LogP contribution >= 0.6 is 0 Å². The van der Waals surface area contributed by atoms with Crippen LogP contribution in [0, 0.1) is 5.92 Å². The molecule has 0 saturated heterocycles. The molecule has 0 aromatic heterocycles. The molecule has 0 spiro atoms. The van der Waals surface area contributed by atoms with E-state index in [9.17, 15) is 0 Å². The highest BCUT2D eigenvalue weighted by Crippen LogP contribution is 2.17. The van der Waals surface area contributed by atoms with Crippen molar-refractivity contribution < 1.29 is 0 Å². The first-order valence-electron chi connectivity index (χ1n) is 7.17. The molecule has 1 rings (SSSR count). The zero-order chi connectivity index (χ0) is 13.4. The van der Waals surface area contributed by atoms with Crippen LogP contribution in [0.15, 0.2) is 30.3 Å². The quantitative estimate of drug-likeness (QED) is 0.765. The Morgan fingerprint density at radius 2 is 1.83 bits per heavy atom. The standard InChI is InChI=1S/C16H28N2/c1-4-14(2)15(3)18(12-8-11-17)13-16-9-6-5-7-10-16/h5-7,9-10,14-15H,4,8,11-13,17H2,1-3H3. The molecule has 2 heteroatoms. The number of benzene rings is 1. The predicted molar refractivity (Wildman–Crippen MR) is 79.4 cm³/mol. The Hall–Kier alpha value is -0.860. The molecule has 102 valence electrons. The minimum absolute atomic E-state index is 0.613.